The number of piperidine rings is 1. The van der Waals surface area contributed by atoms with Crippen LogP contribution in [-0.2, 0) is 15.4 Å². The topological polar surface area (TPSA) is 37.4 Å². The molecule has 3 rings (SSSR count). The molecule has 27 heavy (non-hydrogen) atoms. The van der Waals surface area contributed by atoms with Gasteiger partial charge in [0.1, 0.15) is 0 Å². The van der Waals surface area contributed by atoms with Crippen LogP contribution in [0.4, 0.5) is 0 Å². The molecule has 4 heteroatoms. The zero-order valence-corrected chi connectivity index (χ0v) is 17.9. The third-order valence-corrected chi connectivity index (χ3v) is 7.59. The summed E-state index contributed by atoms with van der Waals surface area (Å²) in [7, 11) is -3.41. The average molecular weight is 386 g/mol. The summed E-state index contributed by atoms with van der Waals surface area (Å²) in [4.78, 5) is 0.403. The summed E-state index contributed by atoms with van der Waals surface area (Å²) in [5.74, 6) is 0.445. The number of hydrogen-bond donors (Lipinski definition) is 0. The second kappa shape index (κ2) is 7.40. The van der Waals surface area contributed by atoms with Gasteiger partial charge in [-0.25, -0.2) is 8.42 Å². The summed E-state index contributed by atoms with van der Waals surface area (Å²) >= 11 is 0. The molecule has 2 aromatic rings. The Hall–Kier alpha value is -1.65. The van der Waals surface area contributed by atoms with Gasteiger partial charge in [0.2, 0.25) is 10.0 Å². The molecule has 1 aliphatic rings. The maximum absolute atomic E-state index is 13.0. The zero-order chi connectivity index (χ0) is 19.8. The Morgan fingerprint density at radius 1 is 0.926 bits per heavy atom. The van der Waals surface area contributed by atoms with Gasteiger partial charge in [-0.05, 0) is 66.8 Å². The molecule has 0 unspecified atom stereocenters. The molecule has 1 fully saturated rings. The molecule has 3 nitrogen and oxygen atoms in total. The fourth-order valence-electron chi connectivity index (χ4n) is 3.97. The summed E-state index contributed by atoms with van der Waals surface area (Å²) in [5.41, 5.74) is 5.12. The average Bonchev–Trinajstić information content (AvgIpc) is 2.61. The number of hydrogen-bond acceptors (Lipinski definition) is 2. The minimum atomic E-state index is -3.41. The van der Waals surface area contributed by atoms with Crippen molar-refractivity contribution in [2.75, 3.05) is 13.1 Å². The lowest BCUT2D eigenvalue weighted by molar-refractivity contribution is 0.319. The summed E-state index contributed by atoms with van der Waals surface area (Å²) < 4.78 is 27.7. The highest BCUT2D eigenvalue weighted by atomic mass is 32.2. The highest BCUT2D eigenvalue weighted by Gasteiger charge is 2.30. The largest absolute Gasteiger partial charge is 0.243 e. The first-order chi connectivity index (χ1) is 12.6. The van der Waals surface area contributed by atoms with Crippen molar-refractivity contribution in [3.05, 3.63) is 64.7 Å². The van der Waals surface area contributed by atoms with Crippen molar-refractivity contribution in [2.45, 2.75) is 63.7 Å². The second-order valence-electron chi connectivity index (χ2n) is 8.81. The zero-order valence-electron chi connectivity index (χ0n) is 17.1. The summed E-state index contributed by atoms with van der Waals surface area (Å²) in [6.07, 6.45) is 1.76. The molecular weight excluding hydrogens is 354 g/mol. The maximum atomic E-state index is 13.0. The highest BCUT2D eigenvalue weighted by Crippen LogP contribution is 2.33. The SMILES string of the molecule is Cc1ccc(C2CCN(S(=O)(=O)c3ccc(C(C)(C)C)cc3)CC2)c(C)c1. The Morgan fingerprint density at radius 2 is 1.52 bits per heavy atom. The Morgan fingerprint density at radius 3 is 2.04 bits per heavy atom. The third kappa shape index (κ3) is 4.27. The van der Waals surface area contributed by atoms with E-state index in [0.29, 0.717) is 23.9 Å². The molecular formula is C23H31NO2S. The maximum Gasteiger partial charge on any atom is 0.243 e. The molecule has 0 atom stereocenters. The molecule has 0 aromatic heterocycles. The van der Waals surface area contributed by atoms with Crippen molar-refractivity contribution in [1.29, 1.82) is 0 Å². The van der Waals surface area contributed by atoms with E-state index in [-0.39, 0.29) is 5.41 Å². The minimum absolute atomic E-state index is 0.0204. The highest BCUT2D eigenvalue weighted by molar-refractivity contribution is 7.89. The van der Waals surface area contributed by atoms with Crippen LogP contribution in [0.15, 0.2) is 47.4 Å². The first-order valence-electron chi connectivity index (χ1n) is 9.77. The van der Waals surface area contributed by atoms with Gasteiger partial charge in [-0.1, -0.05) is 56.7 Å². The predicted molar refractivity (Wildman–Crippen MR) is 112 cm³/mol. The molecule has 2 aromatic carbocycles. The van der Waals surface area contributed by atoms with E-state index < -0.39 is 10.0 Å². The van der Waals surface area contributed by atoms with E-state index in [4.69, 9.17) is 0 Å². The number of sulfonamides is 1. The van der Waals surface area contributed by atoms with Crippen molar-refractivity contribution in [2.24, 2.45) is 0 Å². The van der Waals surface area contributed by atoms with E-state index >= 15 is 0 Å². The van der Waals surface area contributed by atoms with Crippen molar-refractivity contribution in [1.82, 2.24) is 4.31 Å². The molecule has 0 radical (unpaired) electrons. The second-order valence-corrected chi connectivity index (χ2v) is 10.8. The monoisotopic (exact) mass is 385 g/mol. The minimum Gasteiger partial charge on any atom is -0.207 e. The fourth-order valence-corrected chi connectivity index (χ4v) is 5.44. The van der Waals surface area contributed by atoms with Crippen molar-refractivity contribution in [3.8, 4) is 0 Å². The first-order valence-corrected chi connectivity index (χ1v) is 11.2. The van der Waals surface area contributed by atoms with Crippen molar-refractivity contribution < 1.29 is 8.42 Å². The van der Waals surface area contributed by atoms with E-state index in [1.165, 1.54) is 16.7 Å². The summed E-state index contributed by atoms with van der Waals surface area (Å²) in [5, 5.41) is 0. The van der Waals surface area contributed by atoms with E-state index in [1.807, 2.05) is 12.1 Å². The van der Waals surface area contributed by atoms with Gasteiger partial charge in [0.25, 0.3) is 0 Å². The molecule has 0 spiro atoms. The van der Waals surface area contributed by atoms with E-state index in [2.05, 4.69) is 52.8 Å². The van der Waals surface area contributed by atoms with Crippen LogP contribution in [0.2, 0.25) is 0 Å². The number of nitrogens with zero attached hydrogens (tertiary/aromatic N) is 1. The van der Waals surface area contributed by atoms with Crippen LogP contribution in [0.25, 0.3) is 0 Å². The first kappa shape index (κ1) is 20.1. The molecule has 146 valence electrons. The molecule has 1 aliphatic heterocycles. The van der Waals surface area contributed by atoms with Gasteiger partial charge >= 0.3 is 0 Å². The van der Waals surface area contributed by atoms with Gasteiger partial charge in [-0.3, -0.25) is 0 Å². The Bertz CT molecular complexity index is 900. The fraction of sp³-hybridized carbons (Fsp3) is 0.478. The van der Waals surface area contributed by atoms with E-state index in [9.17, 15) is 8.42 Å². The van der Waals surface area contributed by atoms with E-state index in [0.717, 1.165) is 18.4 Å². The summed E-state index contributed by atoms with van der Waals surface area (Å²) in [6, 6.07) is 14.0. The molecule has 0 bridgehead atoms. The van der Waals surface area contributed by atoms with Crippen LogP contribution in [0.3, 0.4) is 0 Å². The van der Waals surface area contributed by atoms with Crippen LogP contribution < -0.4 is 0 Å². The lowest BCUT2D eigenvalue weighted by Gasteiger charge is -2.32. The normalized spacial score (nSPS) is 17.2. The number of aryl methyl sites for hydroxylation is 2. The molecule has 0 N–H and O–H groups in total. The van der Waals surface area contributed by atoms with Gasteiger partial charge in [0.15, 0.2) is 0 Å². The van der Waals surface area contributed by atoms with Gasteiger partial charge in [-0.2, -0.15) is 4.31 Å². The van der Waals surface area contributed by atoms with Gasteiger partial charge < -0.3 is 0 Å². The quantitative estimate of drug-likeness (QED) is 0.731. The Kier molecular flexibility index (Phi) is 5.51. The number of rotatable bonds is 3. The van der Waals surface area contributed by atoms with E-state index in [1.54, 1.807) is 16.4 Å². The van der Waals surface area contributed by atoms with Crippen molar-refractivity contribution >= 4 is 10.0 Å². The van der Waals surface area contributed by atoms with Crippen LogP contribution >= 0.6 is 0 Å². The van der Waals surface area contributed by atoms with Crippen LogP contribution in [0.1, 0.15) is 61.8 Å². The van der Waals surface area contributed by atoms with Crippen LogP contribution in [-0.4, -0.2) is 25.8 Å². The molecule has 0 saturated carbocycles. The van der Waals surface area contributed by atoms with Gasteiger partial charge in [0.05, 0.1) is 4.90 Å². The third-order valence-electron chi connectivity index (χ3n) is 5.68. The van der Waals surface area contributed by atoms with Crippen LogP contribution in [0, 0.1) is 13.8 Å². The smallest absolute Gasteiger partial charge is 0.207 e. The Balaban J connectivity index is 1.73. The number of benzene rings is 2. The molecule has 0 aliphatic carbocycles. The molecule has 1 heterocycles. The lowest BCUT2D eigenvalue weighted by Crippen LogP contribution is -2.38. The van der Waals surface area contributed by atoms with Crippen LogP contribution in [0.5, 0.6) is 0 Å². The molecule has 0 amide bonds. The predicted octanol–water partition coefficient (Wildman–Crippen LogP) is 5.17. The summed E-state index contributed by atoms with van der Waals surface area (Å²) in [6.45, 7) is 11.8. The standard InChI is InChI=1S/C23H31NO2S/c1-17-6-11-22(18(2)16-17)19-12-14-24(15-13-19)27(25,26)21-9-7-20(8-10-21)23(3,4)5/h6-11,16,19H,12-15H2,1-5H3. The lowest BCUT2D eigenvalue weighted by atomic mass is 9.87. The van der Waals surface area contributed by atoms with Gasteiger partial charge in [-0.15, -0.1) is 0 Å². The van der Waals surface area contributed by atoms with Crippen molar-refractivity contribution in [3.63, 3.8) is 0 Å². The Labute approximate surface area is 164 Å². The van der Waals surface area contributed by atoms with Gasteiger partial charge in [0, 0.05) is 13.1 Å². The molecule has 1 saturated heterocycles.